The first-order valence-corrected chi connectivity index (χ1v) is 6.84. The number of phenols is 2. The Labute approximate surface area is 117 Å². The van der Waals surface area contributed by atoms with Crippen molar-refractivity contribution in [3.05, 3.63) is 35.6 Å². The second-order valence-electron chi connectivity index (χ2n) is 6.21. The van der Waals surface area contributed by atoms with Gasteiger partial charge in [0.2, 0.25) is 0 Å². The smallest absolute Gasteiger partial charge is 0.347 e. The van der Waals surface area contributed by atoms with Gasteiger partial charge in [-0.1, -0.05) is 19.9 Å². The number of para-hydroxylation sites is 1. The molecule has 1 aromatic carbocycles. The molecule has 3 aliphatic rings. The summed E-state index contributed by atoms with van der Waals surface area (Å²) < 4.78 is 5.45. The van der Waals surface area contributed by atoms with Crippen LogP contribution in [0.2, 0.25) is 0 Å². The largest absolute Gasteiger partial charge is 0.504 e. The molecule has 3 aliphatic carbocycles. The van der Waals surface area contributed by atoms with Crippen LogP contribution in [0.5, 0.6) is 11.5 Å². The van der Waals surface area contributed by atoms with E-state index in [1.165, 1.54) is 18.2 Å². The van der Waals surface area contributed by atoms with Gasteiger partial charge in [0, 0.05) is 5.92 Å². The van der Waals surface area contributed by atoms with E-state index in [2.05, 4.69) is 13.8 Å². The van der Waals surface area contributed by atoms with E-state index < -0.39 is 11.7 Å². The maximum atomic E-state index is 12.1. The first-order valence-electron chi connectivity index (χ1n) is 6.84. The van der Waals surface area contributed by atoms with Crippen LogP contribution in [0.1, 0.15) is 37.0 Å². The van der Waals surface area contributed by atoms with Crippen molar-refractivity contribution in [2.45, 2.75) is 26.7 Å². The zero-order valence-corrected chi connectivity index (χ0v) is 11.6. The van der Waals surface area contributed by atoms with Crippen molar-refractivity contribution < 1.29 is 19.7 Å². The van der Waals surface area contributed by atoms with E-state index in [9.17, 15) is 15.0 Å². The fourth-order valence-corrected chi connectivity index (χ4v) is 3.27. The van der Waals surface area contributed by atoms with Crippen LogP contribution in [0.4, 0.5) is 0 Å². The van der Waals surface area contributed by atoms with Crippen molar-refractivity contribution in [1.29, 1.82) is 0 Å². The van der Waals surface area contributed by atoms with Crippen molar-refractivity contribution >= 4 is 5.97 Å². The van der Waals surface area contributed by atoms with Crippen molar-refractivity contribution in [3.8, 4) is 11.5 Å². The zero-order chi connectivity index (χ0) is 14.5. The number of rotatable bonds is 2. The number of hydrogen-bond donors (Lipinski definition) is 2. The lowest BCUT2D eigenvalue weighted by Crippen LogP contribution is -2.48. The molecule has 0 aromatic heterocycles. The van der Waals surface area contributed by atoms with E-state index in [0.29, 0.717) is 11.7 Å². The Morgan fingerprint density at radius 1 is 1.35 bits per heavy atom. The molecule has 106 valence electrons. The molecule has 4 rings (SSSR count). The lowest BCUT2D eigenvalue weighted by atomic mass is 9.50. The molecule has 0 amide bonds. The standard InChI is InChI=1S/C16H18O4/c1-16(2)9-6-7-13(11(16)8-9)20-15(19)10-4-3-5-12(17)14(10)18/h3-5,7,9,11,17-18H,6,8H2,1-2H3/t9-,11-/m0/s1. The third-order valence-corrected chi connectivity index (χ3v) is 4.86. The summed E-state index contributed by atoms with van der Waals surface area (Å²) in [5.74, 6) is 0.269. The first kappa shape index (κ1) is 13.0. The summed E-state index contributed by atoms with van der Waals surface area (Å²) in [5, 5.41) is 19.1. The third-order valence-electron chi connectivity index (χ3n) is 4.86. The molecule has 4 heteroatoms. The molecule has 1 fully saturated rings. The van der Waals surface area contributed by atoms with Gasteiger partial charge in [0.25, 0.3) is 0 Å². The number of benzene rings is 1. The number of aromatic hydroxyl groups is 2. The monoisotopic (exact) mass is 274 g/mol. The highest BCUT2D eigenvalue weighted by Gasteiger charge is 2.52. The normalized spacial score (nSPS) is 26.4. The number of carbonyl (C=O) groups is 1. The Morgan fingerprint density at radius 3 is 2.75 bits per heavy atom. The van der Waals surface area contributed by atoms with E-state index in [4.69, 9.17) is 4.74 Å². The fraction of sp³-hybridized carbons (Fsp3) is 0.438. The van der Waals surface area contributed by atoms with Crippen molar-refractivity contribution in [3.63, 3.8) is 0 Å². The summed E-state index contributed by atoms with van der Waals surface area (Å²) in [6.45, 7) is 4.39. The van der Waals surface area contributed by atoms with Gasteiger partial charge in [0.15, 0.2) is 11.5 Å². The van der Waals surface area contributed by atoms with Gasteiger partial charge in [-0.3, -0.25) is 0 Å². The predicted octanol–water partition coefficient (Wildman–Crippen LogP) is 3.20. The minimum atomic E-state index is -0.620. The van der Waals surface area contributed by atoms with Crippen LogP contribution in [0.25, 0.3) is 0 Å². The molecule has 4 nitrogen and oxygen atoms in total. The summed E-state index contributed by atoms with van der Waals surface area (Å²) in [6, 6.07) is 4.27. The number of hydrogen-bond acceptors (Lipinski definition) is 4. The van der Waals surface area contributed by atoms with Gasteiger partial charge in [-0.15, -0.1) is 0 Å². The molecule has 2 N–H and O–H groups in total. The summed E-state index contributed by atoms with van der Waals surface area (Å²) in [6.07, 6.45) is 3.96. The number of allylic oxidation sites excluding steroid dienone is 2. The maximum absolute atomic E-state index is 12.1. The van der Waals surface area contributed by atoms with E-state index in [0.717, 1.165) is 12.8 Å². The minimum absolute atomic E-state index is 0.00912. The molecule has 1 aromatic rings. The highest BCUT2D eigenvalue weighted by molar-refractivity contribution is 5.94. The summed E-state index contributed by atoms with van der Waals surface area (Å²) in [7, 11) is 0. The van der Waals surface area contributed by atoms with E-state index >= 15 is 0 Å². The van der Waals surface area contributed by atoms with Gasteiger partial charge in [0.1, 0.15) is 11.3 Å². The van der Waals surface area contributed by atoms with E-state index in [-0.39, 0.29) is 22.6 Å². The Kier molecular flexibility index (Phi) is 2.78. The van der Waals surface area contributed by atoms with Gasteiger partial charge < -0.3 is 14.9 Å². The van der Waals surface area contributed by atoms with Crippen LogP contribution in [-0.2, 0) is 4.74 Å². The van der Waals surface area contributed by atoms with E-state index in [1.54, 1.807) is 0 Å². The average molecular weight is 274 g/mol. The number of phenolic OH excluding ortho intramolecular Hbond substituents is 2. The van der Waals surface area contributed by atoms with Crippen molar-refractivity contribution in [2.24, 2.45) is 17.3 Å². The van der Waals surface area contributed by atoms with Crippen LogP contribution in [0, 0.1) is 17.3 Å². The first-order chi connectivity index (χ1) is 9.41. The lowest BCUT2D eigenvalue weighted by molar-refractivity contribution is -0.0394. The van der Waals surface area contributed by atoms with Gasteiger partial charge in [-0.25, -0.2) is 4.79 Å². The summed E-state index contributed by atoms with van der Waals surface area (Å²) in [5.41, 5.74) is 0.163. The molecule has 20 heavy (non-hydrogen) atoms. The highest BCUT2D eigenvalue weighted by atomic mass is 16.5. The van der Waals surface area contributed by atoms with Gasteiger partial charge in [-0.2, -0.15) is 0 Å². The number of carbonyl (C=O) groups excluding carboxylic acids is 1. The second-order valence-corrected chi connectivity index (χ2v) is 6.21. The molecule has 2 atom stereocenters. The van der Waals surface area contributed by atoms with Crippen LogP contribution in [0.3, 0.4) is 0 Å². The Hall–Kier alpha value is -1.97. The molecular weight excluding hydrogens is 256 g/mol. The molecule has 0 aliphatic heterocycles. The maximum Gasteiger partial charge on any atom is 0.347 e. The van der Waals surface area contributed by atoms with Crippen LogP contribution in [0.15, 0.2) is 30.0 Å². The summed E-state index contributed by atoms with van der Waals surface area (Å²) in [4.78, 5) is 12.1. The van der Waals surface area contributed by atoms with Gasteiger partial charge in [0.05, 0.1) is 0 Å². The topological polar surface area (TPSA) is 66.8 Å². The molecule has 0 spiro atoms. The molecule has 1 saturated carbocycles. The highest BCUT2D eigenvalue weighted by Crippen LogP contribution is 2.59. The molecular formula is C16H18O4. The average Bonchev–Trinajstić information content (AvgIpc) is 2.41. The Morgan fingerprint density at radius 2 is 2.10 bits per heavy atom. The van der Waals surface area contributed by atoms with Crippen molar-refractivity contribution in [2.75, 3.05) is 0 Å². The Balaban J connectivity index is 1.80. The van der Waals surface area contributed by atoms with Crippen molar-refractivity contribution in [1.82, 2.24) is 0 Å². The zero-order valence-electron chi connectivity index (χ0n) is 11.6. The molecule has 0 heterocycles. The summed E-state index contributed by atoms with van der Waals surface area (Å²) >= 11 is 0. The van der Waals surface area contributed by atoms with Crippen LogP contribution < -0.4 is 0 Å². The second kappa shape index (κ2) is 4.27. The molecule has 0 radical (unpaired) electrons. The molecule has 2 bridgehead atoms. The van der Waals surface area contributed by atoms with E-state index in [1.807, 2.05) is 6.08 Å². The Bertz CT molecular complexity index is 600. The van der Waals surface area contributed by atoms with Gasteiger partial charge in [-0.05, 0) is 42.4 Å². The lowest BCUT2D eigenvalue weighted by Gasteiger charge is -2.55. The number of ether oxygens (including phenoxy) is 1. The SMILES string of the molecule is CC1(C)[C@H]2CC=C(OC(=O)c3cccc(O)c3O)[C@@H]1C2. The third kappa shape index (κ3) is 1.79. The molecule has 0 saturated heterocycles. The number of esters is 1. The fourth-order valence-electron chi connectivity index (χ4n) is 3.27. The minimum Gasteiger partial charge on any atom is -0.504 e. The predicted molar refractivity (Wildman–Crippen MR) is 73.3 cm³/mol. The van der Waals surface area contributed by atoms with Gasteiger partial charge >= 0.3 is 5.97 Å². The van der Waals surface area contributed by atoms with Crippen LogP contribution >= 0.6 is 0 Å². The quantitative estimate of drug-likeness (QED) is 0.642. The molecule has 0 unspecified atom stereocenters. The number of fused-ring (bicyclic) bond motifs is 1. The van der Waals surface area contributed by atoms with Crippen LogP contribution in [-0.4, -0.2) is 16.2 Å².